The number of ether oxygens (including phenoxy) is 3. The van der Waals surface area contributed by atoms with Crippen LogP contribution in [0.1, 0.15) is 17.3 Å². The van der Waals surface area contributed by atoms with Crippen LogP contribution in [0.4, 0.5) is 0 Å². The van der Waals surface area contributed by atoms with Crippen molar-refractivity contribution in [1.29, 1.82) is 0 Å². The zero-order valence-corrected chi connectivity index (χ0v) is 14.6. The Morgan fingerprint density at radius 3 is 2.71 bits per heavy atom. The van der Waals surface area contributed by atoms with Gasteiger partial charge in [0.1, 0.15) is 17.5 Å². The molecule has 0 N–H and O–H groups in total. The smallest absolute Gasteiger partial charge is 0.266 e. The van der Waals surface area contributed by atoms with E-state index in [0.717, 1.165) is 11.3 Å². The Hall–Kier alpha value is -2.05. The Morgan fingerprint density at radius 2 is 2.00 bits per heavy atom. The first kappa shape index (κ1) is 16.8. The molecule has 6 heteroatoms. The maximum absolute atomic E-state index is 12.6. The largest absolute Gasteiger partial charge is 0.497 e. The number of nitrogens with zero attached hydrogens (tertiary/aromatic N) is 1. The molecule has 0 radical (unpaired) electrons. The molecule has 0 aliphatic carbocycles. The van der Waals surface area contributed by atoms with Crippen LogP contribution >= 0.6 is 11.3 Å². The van der Waals surface area contributed by atoms with Crippen molar-refractivity contribution in [1.82, 2.24) is 4.90 Å². The van der Waals surface area contributed by atoms with E-state index in [9.17, 15) is 4.79 Å². The van der Waals surface area contributed by atoms with Crippen molar-refractivity contribution in [2.75, 3.05) is 27.4 Å². The molecule has 0 spiro atoms. The van der Waals surface area contributed by atoms with Gasteiger partial charge in [-0.3, -0.25) is 4.79 Å². The lowest BCUT2D eigenvalue weighted by molar-refractivity contribution is -0.164. The number of thiophene rings is 1. The summed E-state index contributed by atoms with van der Waals surface area (Å²) in [4.78, 5) is 15.6. The van der Waals surface area contributed by atoms with Crippen LogP contribution < -0.4 is 9.47 Å². The third-order valence-electron chi connectivity index (χ3n) is 4.04. The van der Waals surface area contributed by atoms with Gasteiger partial charge in [-0.25, -0.2) is 0 Å². The molecule has 1 aromatic heterocycles. The molecule has 1 aromatic carbocycles. The fourth-order valence-corrected chi connectivity index (χ4v) is 3.71. The van der Waals surface area contributed by atoms with Crippen LogP contribution in [0.15, 0.2) is 41.8 Å². The number of hydrogen-bond donors (Lipinski definition) is 0. The number of carbonyl (C=O) groups excluding carboxylic acids is 1. The second-order valence-corrected chi connectivity index (χ2v) is 6.53. The summed E-state index contributed by atoms with van der Waals surface area (Å²) < 4.78 is 16.3. The molecule has 0 bridgehead atoms. The predicted octanol–water partition coefficient (Wildman–Crippen LogP) is 3.12. The van der Waals surface area contributed by atoms with Crippen molar-refractivity contribution in [3.05, 3.63) is 46.7 Å². The van der Waals surface area contributed by atoms with Gasteiger partial charge in [0.15, 0.2) is 0 Å². The maximum atomic E-state index is 12.6. The third-order valence-corrected chi connectivity index (χ3v) is 4.98. The van der Waals surface area contributed by atoms with Gasteiger partial charge in [0.2, 0.25) is 6.10 Å². The molecule has 1 aliphatic heterocycles. The second kappa shape index (κ2) is 7.68. The summed E-state index contributed by atoms with van der Waals surface area (Å²) in [5, 5.41) is 2.02. The van der Waals surface area contributed by atoms with Gasteiger partial charge < -0.3 is 19.1 Å². The van der Waals surface area contributed by atoms with Gasteiger partial charge in [0.25, 0.3) is 5.91 Å². The van der Waals surface area contributed by atoms with E-state index in [0.29, 0.717) is 24.7 Å². The highest BCUT2D eigenvalue weighted by molar-refractivity contribution is 7.10. The summed E-state index contributed by atoms with van der Waals surface area (Å²) in [7, 11) is 3.28. The monoisotopic (exact) mass is 347 g/mol. The van der Waals surface area contributed by atoms with Crippen LogP contribution in [0.5, 0.6) is 11.5 Å². The molecule has 1 amide bonds. The van der Waals surface area contributed by atoms with Crippen LogP contribution in [0, 0.1) is 0 Å². The predicted molar refractivity (Wildman–Crippen MR) is 92.7 cm³/mol. The van der Waals surface area contributed by atoms with Gasteiger partial charge in [0, 0.05) is 31.2 Å². The van der Waals surface area contributed by atoms with E-state index in [1.165, 1.54) is 0 Å². The van der Waals surface area contributed by atoms with Crippen molar-refractivity contribution < 1.29 is 19.0 Å². The molecule has 24 heavy (non-hydrogen) atoms. The highest BCUT2D eigenvalue weighted by Gasteiger charge is 2.50. The van der Waals surface area contributed by atoms with Crippen LogP contribution in [0.25, 0.3) is 0 Å². The molecule has 5 nitrogen and oxygen atoms in total. The summed E-state index contributed by atoms with van der Waals surface area (Å²) in [5.74, 6) is 1.38. The third kappa shape index (κ3) is 3.39. The molecule has 0 unspecified atom stereocenters. The fourth-order valence-electron chi connectivity index (χ4n) is 2.84. The molecule has 0 saturated carbocycles. The standard InChI is InChI=1S/C18H21NO4S/c1-21-10-5-9-19-16(15-8-4-11-24-15)17(18(19)20)23-14-7-3-6-13(12-14)22-2/h3-4,6-8,11-12,16-17H,5,9-10H2,1-2H3/t16-,17-/m1/s1. The zero-order chi connectivity index (χ0) is 16.9. The number of rotatable bonds is 8. The molecule has 2 aromatic rings. The molecule has 2 heterocycles. The SMILES string of the molecule is COCCCN1C(=O)[C@H](Oc2cccc(OC)c2)[C@H]1c1cccs1. The topological polar surface area (TPSA) is 48.0 Å². The minimum absolute atomic E-state index is 0.0207. The Labute approximate surface area is 145 Å². The highest BCUT2D eigenvalue weighted by atomic mass is 32.1. The van der Waals surface area contributed by atoms with Crippen molar-refractivity contribution in [2.45, 2.75) is 18.6 Å². The normalized spacial score (nSPS) is 19.9. The Bertz CT molecular complexity index is 673. The highest BCUT2D eigenvalue weighted by Crippen LogP contribution is 2.40. The summed E-state index contributed by atoms with van der Waals surface area (Å²) in [6.45, 7) is 1.32. The molecular formula is C18H21NO4S. The number of hydrogen-bond acceptors (Lipinski definition) is 5. The molecule has 1 aliphatic rings. The Kier molecular flexibility index (Phi) is 5.37. The van der Waals surface area contributed by atoms with Gasteiger partial charge in [-0.2, -0.15) is 0 Å². The van der Waals surface area contributed by atoms with Crippen molar-refractivity contribution in [3.8, 4) is 11.5 Å². The summed E-state index contributed by atoms with van der Waals surface area (Å²) in [6.07, 6.45) is 0.328. The molecule has 128 valence electrons. The first-order chi connectivity index (χ1) is 11.7. The van der Waals surface area contributed by atoms with Gasteiger partial charge in [0.05, 0.1) is 7.11 Å². The van der Waals surface area contributed by atoms with E-state index in [4.69, 9.17) is 14.2 Å². The van der Waals surface area contributed by atoms with Gasteiger partial charge >= 0.3 is 0 Å². The van der Waals surface area contributed by atoms with E-state index in [1.54, 1.807) is 31.6 Å². The lowest BCUT2D eigenvalue weighted by Crippen LogP contribution is -2.61. The summed E-state index contributed by atoms with van der Waals surface area (Å²) in [6, 6.07) is 11.4. The van der Waals surface area contributed by atoms with Crippen LogP contribution in [-0.4, -0.2) is 44.3 Å². The first-order valence-corrected chi connectivity index (χ1v) is 8.76. The first-order valence-electron chi connectivity index (χ1n) is 7.88. The number of amides is 1. The van der Waals surface area contributed by atoms with Gasteiger partial charge in [-0.15, -0.1) is 11.3 Å². The quantitative estimate of drug-likeness (QED) is 0.544. The number of methoxy groups -OCH3 is 2. The van der Waals surface area contributed by atoms with Crippen LogP contribution in [0.3, 0.4) is 0 Å². The zero-order valence-electron chi connectivity index (χ0n) is 13.8. The maximum Gasteiger partial charge on any atom is 0.266 e. The lowest BCUT2D eigenvalue weighted by atomic mass is 9.95. The molecule has 3 rings (SSSR count). The average molecular weight is 347 g/mol. The van der Waals surface area contributed by atoms with Crippen LogP contribution in [0.2, 0.25) is 0 Å². The minimum atomic E-state index is -0.488. The lowest BCUT2D eigenvalue weighted by Gasteiger charge is -2.46. The summed E-state index contributed by atoms with van der Waals surface area (Å²) >= 11 is 1.64. The second-order valence-electron chi connectivity index (χ2n) is 5.56. The number of likely N-dealkylation sites (tertiary alicyclic amines) is 1. The number of carbonyl (C=O) groups is 1. The van der Waals surface area contributed by atoms with Gasteiger partial charge in [-0.1, -0.05) is 12.1 Å². The minimum Gasteiger partial charge on any atom is -0.497 e. The van der Waals surface area contributed by atoms with E-state index >= 15 is 0 Å². The van der Waals surface area contributed by atoms with E-state index < -0.39 is 6.10 Å². The van der Waals surface area contributed by atoms with Crippen molar-refractivity contribution in [3.63, 3.8) is 0 Å². The van der Waals surface area contributed by atoms with E-state index in [-0.39, 0.29) is 11.9 Å². The molecule has 2 atom stereocenters. The average Bonchev–Trinajstić information content (AvgIpc) is 3.13. The van der Waals surface area contributed by atoms with Crippen LogP contribution in [-0.2, 0) is 9.53 Å². The van der Waals surface area contributed by atoms with Crippen molar-refractivity contribution >= 4 is 17.2 Å². The molecule has 1 fully saturated rings. The number of benzene rings is 1. The Balaban J connectivity index is 1.74. The molecular weight excluding hydrogens is 326 g/mol. The van der Waals surface area contributed by atoms with E-state index in [2.05, 4.69) is 0 Å². The summed E-state index contributed by atoms with van der Waals surface area (Å²) in [5.41, 5.74) is 0. The molecule has 1 saturated heterocycles. The van der Waals surface area contributed by atoms with E-state index in [1.807, 2.05) is 40.6 Å². The van der Waals surface area contributed by atoms with Gasteiger partial charge in [-0.05, 0) is 30.0 Å². The fraction of sp³-hybridized carbons (Fsp3) is 0.389. The Morgan fingerprint density at radius 1 is 1.17 bits per heavy atom. The number of β-lactam (4-membered cyclic amide) rings is 1. The van der Waals surface area contributed by atoms with Crippen molar-refractivity contribution in [2.24, 2.45) is 0 Å².